The van der Waals surface area contributed by atoms with Crippen LogP contribution in [-0.4, -0.2) is 41.7 Å². The summed E-state index contributed by atoms with van der Waals surface area (Å²) in [7, 11) is 0. The molecule has 0 spiro atoms. The minimum Gasteiger partial charge on any atom is -0.490 e. The third kappa shape index (κ3) is 5.85. The number of hydrogen-bond donors (Lipinski definition) is 1. The number of anilines is 1. The highest BCUT2D eigenvalue weighted by atomic mass is 32.2. The van der Waals surface area contributed by atoms with E-state index in [9.17, 15) is 23.2 Å². The minimum atomic E-state index is -3.01. The number of carbonyl (C=O) groups is 3. The van der Waals surface area contributed by atoms with Gasteiger partial charge in [-0.25, -0.2) is 0 Å². The van der Waals surface area contributed by atoms with Gasteiger partial charge in [0.05, 0.1) is 11.5 Å². The fourth-order valence-corrected chi connectivity index (χ4v) is 3.68. The van der Waals surface area contributed by atoms with Crippen molar-refractivity contribution in [3.63, 3.8) is 0 Å². The minimum absolute atomic E-state index is 0.0817. The van der Waals surface area contributed by atoms with Crippen molar-refractivity contribution in [3.8, 4) is 11.5 Å². The predicted molar refractivity (Wildman–Crippen MR) is 117 cm³/mol. The van der Waals surface area contributed by atoms with Gasteiger partial charge in [0.15, 0.2) is 11.5 Å². The van der Waals surface area contributed by atoms with E-state index in [1.807, 2.05) is 19.1 Å². The Labute approximate surface area is 187 Å². The van der Waals surface area contributed by atoms with Crippen LogP contribution in [0.4, 0.5) is 19.3 Å². The quantitative estimate of drug-likeness (QED) is 0.574. The van der Waals surface area contributed by atoms with Crippen molar-refractivity contribution in [2.24, 2.45) is 0 Å². The Bertz CT molecular complexity index is 1060. The van der Waals surface area contributed by atoms with Gasteiger partial charge in [0.1, 0.15) is 6.54 Å². The van der Waals surface area contributed by atoms with Gasteiger partial charge in [-0.1, -0.05) is 23.8 Å². The van der Waals surface area contributed by atoms with Crippen molar-refractivity contribution in [1.82, 2.24) is 4.90 Å². The number of rotatable bonds is 8. The van der Waals surface area contributed by atoms with Gasteiger partial charge in [0.2, 0.25) is 5.91 Å². The zero-order valence-electron chi connectivity index (χ0n) is 17.3. The second kappa shape index (κ2) is 10.3. The standard InChI is InChI=1S/C22H20F2N2O5S/c1-3-30-17-10-14(6-9-16(17)31-21(23)24)11-18-20(28)26(22(29)32-18)12-19(27)25-15-7-4-13(2)5-8-15/h4-11,21H,3,12H2,1-2H3,(H,25,27)/b18-11-. The molecule has 168 valence electrons. The fourth-order valence-electron chi connectivity index (χ4n) is 2.84. The Morgan fingerprint density at radius 1 is 1.16 bits per heavy atom. The highest BCUT2D eigenvalue weighted by Gasteiger charge is 2.36. The summed E-state index contributed by atoms with van der Waals surface area (Å²) < 4.78 is 34.8. The van der Waals surface area contributed by atoms with Crippen molar-refractivity contribution in [2.75, 3.05) is 18.5 Å². The summed E-state index contributed by atoms with van der Waals surface area (Å²) in [6.07, 6.45) is 1.43. The van der Waals surface area contributed by atoms with Crippen LogP contribution in [0, 0.1) is 6.92 Å². The molecule has 1 heterocycles. The molecular formula is C22H20F2N2O5S. The molecule has 0 radical (unpaired) electrons. The highest BCUT2D eigenvalue weighted by molar-refractivity contribution is 8.18. The largest absolute Gasteiger partial charge is 0.490 e. The molecule has 1 saturated heterocycles. The van der Waals surface area contributed by atoms with Gasteiger partial charge in [-0.2, -0.15) is 8.78 Å². The van der Waals surface area contributed by atoms with Crippen LogP contribution in [0.3, 0.4) is 0 Å². The summed E-state index contributed by atoms with van der Waals surface area (Å²) in [6, 6.07) is 11.3. The SMILES string of the molecule is CCOc1cc(/C=C2\SC(=O)N(CC(=O)Nc3ccc(C)cc3)C2=O)ccc1OC(F)F. The molecule has 0 bridgehead atoms. The first-order chi connectivity index (χ1) is 15.3. The third-order valence-electron chi connectivity index (χ3n) is 4.29. The summed E-state index contributed by atoms with van der Waals surface area (Å²) in [5.41, 5.74) is 2.03. The van der Waals surface area contributed by atoms with Crippen LogP contribution in [0.5, 0.6) is 11.5 Å². The van der Waals surface area contributed by atoms with Crippen LogP contribution < -0.4 is 14.8 Å². The van der Waals surface area contributed by atoms with E-state index in [0.717, 1.165) is 10.5 Å². The van der Waals surface area contributed by atoms with Gasteiger partial charge in [-0.15, -0.1) is 0 Å². The molecule has 1 fully saturated rings. The zero-order chi connectivity index (χ0) is 23.3. The molecule has 3 rings (SSSR count). The molecule has 1 aliphatic heterocycles. The van der Waals surface area contributed by atoms with Gasteiger partial charge in [0, 0.05) is 5.69 Å². The smallest absolute Gasteiger partial charge is 0.387 e. The lowest BCUT2D eigenvalue weighted by molar-refractivity contribution is -0.127. The molecule has 2 aromatic rings. The molecular weight excluding hydrogens is 442 g/mol. The second-order valence-electron chi connectivity index (χ2n) is 6.70. The molecule has 1 N–H and O–H groups in total. The monoisotopic (exact) mass is 462 g/mol. The Kier molecular flexibility index (Phi) is 7.47. The first-order valence-electron chi connectivity index (χ1n) is 9.60. The molecule has 7 nitrogen and oxygen atoms in total. The van der Waals surface area contributed by atoms with Crippen LogP contribution in [0.15, 0.2) is 47.4 Å². The Hall–Kier alpha value is -3.40. The van der Waals surface area contributed by atoms with E-state index in [1.165, 1.54) is 24.3 Å². The van der Waals surface area contributed by atoms with E-state index < -0.39 is 30.2 Å². The van der Waals surface area contributed by atoms with Gasteiger partial charge in [-0.3, -0.25) is 19.3 Å². The predicted octanol–water partition coefficient (Wildman–Crippen LogP) is 4.67. The Morgan fingerprint density at radius 3 is 2.53 bits per heavy atom. The zero-order valence-corrected chi connectivity index (χ0v) is 18.1. The van der Waals surface area contributed by atoms with Crippen molar-refractivity contribution >= 4 is 40.6 Å². The summed E-state index contributed by atoms with van der Waals surface area (Å²) >= 11 is 0.687. The maximum Gasteiger partial charge on any atom is 0.387 e. The van der Waals surface area contributed by atoms with Crippen molar-refractivity contribution in [3.05, 3.63) is 58.5 Å². The van der Waals surface area contributed by atoms with Crippen LogP contribution in [0.1, 0.15) is 18.1 Å². The van der Waals surface area contributed by atoms with E-state index in [1.54, 1.807) is 19.1 Å². The number of halogens is 2. The summed E-state index contributed by atoms with van der Waals surface area (Å²) in [4.78, 5) is 38.2. The Morgan fingerprint density at radius 2 is 1.88 bits per heavy atom. The first kappa shape index (κ1) is 23.3. The average molecular weight is 462 g/mol. The Balaban J connectivity index is 1.72. The number of imide groups is 1. The topological polar surface area (TPSA) is 84.9 Å². The van der Waals surface area contributed by atoms with Crippen LogP contribution in [0.25, 0.3) is 6.08 Å². The maximum absolute atomic E-state index is 12.7. The second-order valence-corrected chi connectivity index (χ2v) is 7.69. The summed E-state index contributed by atoms with van der Waals surface area (Å²) in [5.74, 6) is -1.19. The van der Waals surface area contributed by atoms with Crippen molar-refractivity contribution < 1.29 is 32.6 Å². The molecule has 0 saturated carbocycles. The fraction of sp³-hybridized carbons (Fsp3) is 0.227. The average Bonchev–Trinajstić information content (AvgIpc) is 2.99. The number of hydrogen-bond acceptors (Lipinski definition) is 6. The lowest BCUT2D eigenvalue weighted by Crippen LogP contribution is -2.36. The number of ether oxygens (including phenoxy) is 2. The van der Waals surface area contributed by atoms with E-state index >= 15 is 0 Å². The van der Waals surface area contributed by atoms with Gasteiger partial charge in [-0.05, 0) is 61.5 Å². The summed E-state index contributed by atoms with van der Waals surface area (Å²) in [5, 5.41) is 2.06. The van der Waals surface area contributed by atoms with E-state index in [0.29, 0.717) is 23.0 Å². The molecule has 0 aliphatic carbocycles. The number of amides is 3. The molecule has 10 heteroatoms. The van der Waals surface area contributed by atoms with Crippen LogP contribution >= 0.6 is 11.8 Å². The van der Waals surface area contributed by atoms with Gasteiger partial charge >= 0.3 is 6.61 Å². The molecule has 32 heavy (non-hydrogen) atoms. The number of thioether (sulfide) groups is 1. The third-order valence-corrected chi connectivity index (χ3v) is 5.20. The molecule has 3 amide bonds. The van der Waals surface area contributed by atoms with Gasteiger partial charge in [0.25, 0.3) is 11.1 Å². The lowest BCUT2D eigenvalue weighted by atomic mass is 10.2. The molecule has 0 unspecified atom stereocenters. The lowest BCUT2D eigenvalue weighted by Gasteiger charge is -2.13. The van der Waals surface area contributed by atoms with E-state index in [2.05, 4.69) is 10.1 Å². The highest BCUT2D eigenvalue weighted by Crippen LogP contribution is 2.35. The number of nitrogens with one attached hydrogen (secondary N) is 1. The molecule has 0 aromatic heterocycles. The maximum atomic E-state index is 12.7. The normalized spacial score (nSPS) is 14.9. The number of nitrogens with zero attached hydrogens (tertiary/aromatic N) is 1. The summed E-state index contributed by atoms with van der Waals surface area (Å²) in [6.45, 7) is 0.375. The van der Waals surface area contributed by atoms with E-state index in [-0.39, 0.29) is 23.0 Å². The first-order valence-corrected chi connectivity index (χ1v) is 10.4. The number of benzene rings is 2. The van der Waals surface area contributed by atoms with Crippen LogP contribution in [-0.2, 0) is 9.59 Å². The van der Waals surface area contributed by atoms with E-state index in [4.69, 9.17) is 4.74 Å². The molecule has 0 atom stereocenters. The molecule has 1 aliphatic rings. The number of alkyl halides is 2. The van der Waals surface area contributed by atoms with Crippen molar-refractivity contribution in [1.29, 1.82) is 0 Å². The number of carbonyl (C=O) groups excluding carboxylic acids is 3. The van der Waals surface area contributed by atoms with Crippen molar-refractivity contribution in [2.45, 2.75) is 20.5 Å². The van der Waals surface area contributed by atoms with Gasteiger partial charge < -0.3 is 14.8 Å². The molecule has 2 aromatic carbocycles. The van der Waals surface area contributed by atoms with Crippen LogP contribution in [0.2, 0.25) is 0 Å². The number of aryl methyl sites for hydroxylation is 1.